The molecule has 8 nitrogen and oxygen atoms in total. The number of aromatic hydroxyl groups is 1. The van der Waals surface area contributed by atoms with Crippen molar-refractivity contribution in [3.8, 4) is 5.75 Å². The van der Waals surface area contributed by atoms with E-state index in [9.17, 15) is 23.6 Å². The summed E-state index contributed by atoms with van der Waals surface area (Å²) in [6, 6.07) is 2.35. The molecule has 0 bridgehead atoms. The average molecular weight is 318 g/mol. The predicted molar refractivity (Wildman–Crippen MR) is 75.4 cm³/mol. The van der Waals surface area contributed by atoms with Crippen molar-refractivity contribution in [3.05, 3.63) is 28.3 Å². The van der Waals surface area contributed by atoms with Gasteiger partial charge >= 0.3 is 5.69 Å². The van der Waals surface area contributed by atoms with Gasteiger partial charge in [0.1, 0.15) is 0 Å². The largest absolute Gasteiger partial charge is 0.502 e. The van der Waals surface area contributed by atoms with Crippen molar-refractivity contribution in [1.29, 1.82) is 0 Å². The molecular weight excluding hydrogens is 300 g/mol. The van der Waals surface area contributed by atoms with Crippen molar-refractivity contribution in [2.45, 2.75) is 31.2 Å². The molecule has 3 N–H and O–H groups in total. The Morgan fingerprint density at radius 2 is 2.00 bits per heavy atom. The van der Waals surface area contributed by atoms with Gasteiger partial charge in [-0.3, -0.25) is 10.1 Å². The van der Waals surface area contributed by atoms with Crippen LogP contribution in [0.25, 0.3) is 0 Å². The fourth-order valence-electron chi connectivity index (χ4n) is 1.75. The maximum absolute atomic E-state index is 12.2. The van der Waals surface area contributed by atoms with Gasteiger partial charge in [-0.05, 0) is 24.5 Å². The zero-order valence-corrected chi connectivity index (χ0v) is 12.5. The van der Waals surface area contributed by atoms with Crippen molar-refractivity contribution < 1.29 is 23.6 Å². The van der Waals surface area contributed by atoms with Gasteiger partial charge in [0.05, 0.1) is 9.82 Å². The van der Waals surface area contributed by atoms with E-state index < -0.39 is 32.4 Å². The van der Waals surface area contributed by atoms with E-state index in [0.29, 0.717) is 0 Å². The summed E-state index contributed by atoms with van der Waals surface area (Å²) in [5, 5.41) is 29.0. The summed E-state index contributed by atoms with van der Waals surface area (Å²) in [5.74, 6) is -0.659. The maximum Gasteiger partial charge on any atom is 0.312 e. The maximum atomic E-state index is 12.2. The molecule has 1 unspecified atom stereocenters. The van der Waals surface area contributed by atoms with E-state index in [2.05, 4.69) is 4.72 Å². The molecule has 0 aliphatic rings. The molecule has 0 spiro atoms. The topological polar surface area (TPSA) is 130 Å². The molecule has 0 radical (unpaired) electrons. The third-order valence-corrected chi connectivity index (χ3v) is 4.49. The molecule has 0 heterocycles. The van der Waals surface area contributed by atoms with E-state index in [-0.39, 0.29) is 23.8 Å². The number of aliphatic hydroxyl groups is 1. The van der Waals surface area contributed by atoms with Crippen molar-refractivity contribution in [1.82, 2.24) is 4.72 Å². The number of nitro benzene ring substituents is 1. The number of sulfonamides is 1. The lowest BCUT2D eigenvalue weighted by atomic mass is 10.0. The second-order valence-corrected chi connectivity index (χ2v) is 6.61. The van der Waals surface area contributed by atoms with Crippen molar-refractivity contribution in [2.75, 3.05) is 6.61 Å². The van der Waals surface area contributed by atoms with Gasteiger partial charge in [0.2, 0.25) is 10.0 Å². The summed E-state index contributed by atoms with van der Waals surface area (Å²) in [5.41, 5.74) is -0.680. The first-order valence-electron chi connectivity index (χ1n) is 6.29. The highest BCUT2D eigenvalue weighted by Gasteiger charge is 2.25. The molecule has 0 aliphatic carbocycles. The Balaban J connectivity index is 3.13. The zero-order chi connectivity index (χ0) is 16.2. The molecule has 0 aliphatic heterocycles. The van der Waals surface area contributed by atoms with Gasteiger partial charge in [0, 0.05) is 18.7 Å². The quantitative estimate of drug-likeness (QED) is 0.507. The summed E-state index contributed by atoms with van der Waals surface area (Å²) in [4.78, 5) is 9.56. The molecule has 9 heteroatoms. The number of hydrogen-bond acceptors (Lipinski definition) is 6. The number of nitrogens with one attached hydrogen (secondary N) is 1. The molecule has 0 fully saturated rings. The molecule has 1 atom stereocenters. The monoisotopic (exact) mass is 318 g/mol. The molecule has 1 aromatic carbocycles. The first-order valence-corrected chi connectivity index (χ1v) is 7.78. The summed E-state index contributed by atoms with van der Waals surface area (Å²) in [6.45, 7) is 3.41. The van der Waals surface area contributed by atoms with Crippen LogP contribution < -0.4 is 4.72 Å². The average Bonchev–Trinajstić information content (AvgIpc) is 2.37. The highest BCUT2D eigenvalue weighted by atomic mass is 32.2. The van der Waals surface area contributed by atoms with Crippen LogP contribution in [0.1, 0.15) is 20.3 Å². The number of rotatable bonds is 7. The van der Waals surface area contributed by atoms with Crippen molar-refractivity contribution in [3.63, 3.8) is 0 Å². The second kappa shape index (κ2) is 6.83. The Morgan fingerprint density at radius 1 is 1.38 bits per heavy atom. The Hall–Kier alpha value is -1.71. The van der Waals surface area contributed by atoms with E-state index >= 15 is 0 Å². The van der Waals surface area contributed by atoms with Gasteiger partial charge in [-0.2, -0.15) is 0 Å². The predicted octanol–water partition coefficient (Wildman–Crippen LogP) is 0.986. The fourth-order valence-corrected chi connectivity index (χ4v) is 3.19. The molecule has 21 heavy (non-hydrogen) atoms. The highest BCUT2D eigenvalue weighted by Crippen LogP contribution is 2.28. The Kier molecular flexibility index (Phi) is 5.64. The molecular formula is C12H18N2O6S. The summed E-state index contributed by atoms with van der Waals surface area (Å²) in [6.07, 6.45) is 0.233. The number of phenolic OH excluding ortho intramolecular Hbond substituents is 1. The zero-order valence-electron chi connectivity index (χ0n) is 11.7. The van der Waals surface area contributed by atoms with E-state index in [4.69, 9.17) is 5.11 Å². The molecule has 0 aromatic heterocycles. The van der Waals surface area contributed by atoms with E-state index in [1.165, 1.54) is 0 Å². The fraction of sp³-hybridized carbons (Fsp3) is 0.500. The van der Waals surface area contributed by atoms with Crippen LogP contribution >= 0.6 is 0 Å². The van der Waals surface area contributed by atoms with Crippen LogP contribution in [0, 0.1) is 16.0 Å². The van der Waals surface area contributed by atoms with Gasteiger partial charge in [-0.15, -0.1) is 0 Å². The van der Waals surface area contributed by atoms with Crippen LogP contribution in [-0.2, 0) is 10.0 Å². The minimum Gasteiger partial charge on any atom is -0.502 e. The van der Waals surface area contributed by atoms with Crippen LogP contribution in [0.2, 0.25) is 0 Å². The number of benzene rings is 1. The van der Waals surface area contributed by atoms with E-state index in [1.54, 1.807) is 13.8 Å². The first-order chi connectivity index (χ1) is 9.69. The van der Waals surface area contributed by atoms with Crippen molar-refractivity contribution >= 4 is 15.7 Å². The van der Waals surface area contributed by atoms with Crippen LogP contribution in [0.3, 0.4) is 0 Å². The minimum absolute atomic E-state index is 0.0565. The van der Waals surface area contributed by atoms with Crippen LogP contribution in [0.5, 0.6) is 5.75 Å². The third-order valence-electron chi connectivity index (χ3n) is 3.01. The van der Waals surface area contributed by atoms with Gasteiger partial charge in [0.25, 0.3) is 0 Å². The smallest absolute Gasteiger partial charge is 0.312 e. The SMILES string of the molecule is CC(C)C(CCO)NS(=O)(=O)c1ccc(O)c([N+](=O)[O-])c1. The summed E-state index contributed by atoms with van der Waals surface area (Å²) in [7, 11) is -3.98. The second-order valence-electron chi connectivity index (χ2n) is 4.89. The van der Waals surface area contributed by atoms with Crippen LogP contribution in [-0.4, -0.2) is 36.2 Å². The van der Waals surface area contributed by atoms with Gasteiger partial charge in [-0.25, -0.2) is 13.1 Å². The lowest BCUT2D eigenvalue weighted by Gasteiger charge is -2.21. The molecule has 1 aromatic rings. The molecule has 0 saturated heterocycles. The number of nitro groups is 1. The Labute approximate surface area is 122 Å². The van der Waals surface area contributed by atoms with E-state index in [0.717, 1.165) is 18.2 Å². The molecule has 118 valence electrons. The molecule has 0 saturated carbocycles. The number of phenols is 1. The Morgan fingerprint density at radius 3 is 2.48 bits per heavy atom. The Bertz CT molecular complexity index is 614. The summed E-state index contributed by atoms with van der Waals surface area (Å²) < 4.78 is 26.8. The lowest BCUT2D eigenvalue weighted by molar-refractivity contribution is -0.386. The van der Waals surface area contributed by atoms with Crippen LogP contribution in [0.4, 0.5) is 5.69 Å². The first kappa shape index (κ1) is 17.3. The van der Waals surface area contributed by atoms with Gasteiger partial charge < -0.3 is 10.2 Å². The standard InChI is InChI=1S/C12H18N2O6S/c1-8(2)10(5-6-15)13-21(19,20)9-3-4-12(16)11(7-9)14(17)18/h3-4,7-8,10,13,15-16H,5-6H2,1-2H3. The molecule has 0 amide bonds. The number of hydrogen-bond donors (Lipinski definition) is 3. The summed E-state index contributed by atoms with van der Waals surface area (Å²) >= 11 is 0. The van der Waals surface area contributed by atoms with Gasteiger partial charge in [-0.1, -0.05) is 13.8 Å². The van der Waals surface area contributed by atoms with Crippen molar-refractivity contribution in [2.24, 2.45) is 5.92 Å². The van der Waals surface area contributed by atoms with Crippen LogP contribution in [0.15, 0.2) is 23.1 Å². The lowest BCUT2D eigenvalue weighted by Crippen LogP contribution is -2.39. The third kappa shape index (κ3) is 4.38. The molecule has 1 rings (SSSR count). The van der Waals surface area contributed by atoms with Gasteiger partial charge in [0.15, 0.2) is 5.75 Å². The number of aliphatic hydroxyl groups excluding tert-OH is 1. The normalized spacial score (nSPS) is 13.3. The minimum atomic E-state index is -3.98. The highest BCUT2D eigenvalue weighted by molar-refractivity contribution is 7.89. The number of nitrogens with zero attached hydrogens (tertiary/aromatic N) is 1. The van der Waals surface area contributed by atoms with E-state index in [1.807, 2.05) is 0 Å².